The standard InChI is InChI=1S/C14H8FN3O2S/c15-10-3-6-12-13(7-10)21-14(17-12)16-8-9-1-4-11(5-2-9)18(19)20/h1-8H. The van der Waals surface area contributed by atoms with E-state index in [4.69, 9.17) is 0 Å². The molecule has 104 valence electrons. The molecule has 7 heteroatoms. The van der Waals surface area contributed by atoms with Crippen LogP contribution in [-0.2, 0) is 0 Å². The predicted molar refractivity (Wildman–Crippen MR) is 79.9 cm³/mol. The van der Waals surface area contributed by atoms with Crippen LogP contribution < -0.4 is 0 Å². The van der Waals surface area contributed by atoms with Gasteiger partial charge in [-0.25, -0.2) is 14.4 Å². The van der Waals surface area contributed by atoms with Gasteiger partial charge < -0.3 is 0 Å². The van der Waals surface area contributed by atoms with Crippen LogP contribution in [0.25, 0.3) is 10.2 Å². The second-order valence-corrected chi connectivity index (χ2v) is 5.22. The van der Waals surface area contributed by atoms with Crippen molar-refractivity contribution in [2.45, 2.75) is 0 Å². The Balaban J connectivity index is 1.85. The Labute approximate surface area is 122 Å². The summed E-state index contributed by atoms with van der Waals surface area (Å²) >= 11 is 1.28. The topological polar surface area (TPSA) is 68.4 Å². The largest absolute Gasteiger partial charge is 0.269 e. The van der Waals surface area contributed by atoms with Crippen molar-refractivity contribution in [1.29, 1.82) is 0 Å². The molecule has 5 nitrogen and oxygen atoms in total. The molecule has 0 bridgehead atoms. The van der Waals surface area contributed by atoms with Crippen LogP contribution in [0.3, 0.4) is 0 Å². The summed E-state index contributed by atoms with van der Waals surface area (Å²) in [5.41, 5.74) is 1.45. The van der Waals surface area contributed by atoms with Gasteiger partial charge in [-0.15, -0.1) is 0 Å². The molecule has 0 fully saturated rings. The normalized spacial score (nSPS) is 11.3. The maximum atomic E-state index is 13.1. The molecule has 2 aromatic carbocycles. The van der Waals surface area contributed by atoms with Gasteiger partial charge in [0, 0.05) is 18.3 Å². The molecule has 3 rings (SSSR count). The Morgan fingerprint density at radius 3 is 2.71 bits per heavy atom. The van der Waals surface area contributed by atoms with Crippen molar-refractivity contribution in [2.24, 2.45) is 4.99 Å². The molecule has 0 unspecified atom stereocenters. The summed E-state index contributed by atoms with van der Waals surface area (Å²) in [6, 6.07) is 10.4. The minimum atomic E-state index is -0.455. The fourth-order valence-electron chi connectivity index (χ4n) is 1.75. The molecule has 1 aromatic heterocycles. The Morgan fingerprint density at radius 2 is 2.00 bits per heavy atom. The average Bonchev–Trinajstić information content (AvgIpc) is 2.87. The first-order valence-corrected chi connectivity index (χ1v) is 6.78. The molecule has 0 radical (unpaired) electrons. The number of aliphatic imine (C=N–C) groups is 1. The molecule has 0 aliphatic rings. The number of halogens is 1. The molecule has 1 heterocycles. The first-order chi connectivity index (χ1) is 10.1. The van der Waals surface area contributed by atoms with Gasteiger partial charge in [0.15, 0.2) is 0 Å². The monoisotopic (exact) mass is 301 g/mol. The zero-order valence-electron chi connectivity index (χ0n) is 10.6. The van der Waals surface area contributed by atoms with E-state index >= 15 is 0 Å². The van der Waals surface area contributed by atoms with E-state index in [0.717, 1.165) is 10.3 Å². The highest BCUT2D eigenvalue weighted by atomic mass is 32.1. The number of benzene rings is 2. The quantitative estimate of drug-likeness (QED) is 0.415. The fraction of sp³-hybridized carbons (Fsp3) is 0. The van der Waals surface area contributed by atoms with Crippen LogP contribution >= 0.6 is 11.3 Å². The van der Waals surface area contributed by atoms with Crippen LogP contribution in [0.2, 0.25) is 0 Å². The summed E-state index contributed by atoms with van der Waals surface area (Å²) in [4.78, 5) is 18.6. The van der Waals surface area contributed by atoms with Crippen LogP contribution in [0.4, 0.5) is 15.2 Å². The first kappa shape index (κ1) is 13.3. The Kier molecular flexibility index (Phi) is 3.41. The van der Waals surface area contributed by atoms with Crippen molar-refractivity contribution < 1.29 is 9.31 Å². The van der Waals surface area contributed by atoms with E-state index in [1.165, 1.54) is 35.6 Å². The number of nitrogens with zero attached hydrogens (tertiary/aromatic N) is 3. The minimum Gasteiger partial charge on any atom is -0.258 e. The van der Waals surface area contributed by atoms with Crippen LogP contribution in [0.5, 0.6) is 0 Å². The van der Waals surface area contributed by atoms with Crippen molar-refractivity contribution in [3.05, 3.63) is 64.0 Å². The Hall–Kier alpha value is -2.67. The highest BCUT2D eigenvalue weighted by Gasteiger charge is 2.04. The number of fused-ring (bicyclic) bond motifs is 1. The number of rotatable bonds is 3. The van der Waals surface area contributed by atoms with E-state index in [9.17, 15) is 14.5 Å². The van der Waals surface area contributed by atoms with Gasteiger partial charge in [0.05, 0.1) is 15.1 Å². The third-order valence-electron chi connectivity index (χ3n) is 2.77. The molecule has 0 aliphatic heterocycles. The number of nitro benzene ring substituents is 1. The van der Waals surface area contributed by atoms with E-state index in [1.807, 2.05) is 0 Å². The number of aromatic nitrogens is 1. The smallest absolute Gasteiger partial charge is 0.258 e. The number of hydrogen-bond donors (Lipinski definition) is 0. The summed E-state index contributed by atoms with van der Waals surface area (Å²) in [5, 5.41) is 11.1. The summed E-state index contributed by atoms with van der Waals surface area (Å²) < 4.78 is 13.8. The first-order valence-electron chi connectivity index (χ1n) is 5.96. The zero-order valence-corrected chi connectivity index (χ0v) is 11.4. The number of thiazole rings is 1. The van der Waals surface area contributed by atoms with Crippen LogP contribution in [0.15, 0.2) is 47.5 Å². The van der Waals surface area contributed by atoms with E-state index < -0.39 is 4.92 Å². The zero-order chi connectivity index (χ0) is 14.8. The van der Waals surface area contributed by atoms with Gasteiger partial charge in [0.1, 0.15) is 5.82 Å². The van der Waals surface area contributed by atoms with Gasteiger partial charge in [-0.3, -0.25) is 10.1 Å². The molecule has 0 saturated carbocycles. The molecule has 0 spiro atoms. The lowest BCUT2D eigenvalue weighted by Crippen LogP contribution is -1.88. The van der Waals surface area contributed by atoms with Gasteiger partial charge in [-0.1, -0.05) is 11.3 Å². The summed E-state index contributed by atoms with van der Waals surface area (Å²) in [5.74, 6) is -0.308. The van der Waals surface area contributed by atoms with E-state index in [1.54, 1.807) is 24.4 Å². The minimum absolute atomic E-state index is 0.0302. The molecule has 0 aliphatic carbocycles. The van der Waals surface area contributed by atoms with Crippen molar-refractivity contribution in [3.8, 4) is 0 Å². The maximum Gasteiger partial charge on any atom is 0.269 e. The van der Waals surface area contributed by atoms with Crippen LogP contribution in [0, 0.1) is 15.9 Å². The average molecular weight is 301 g/mol. The number of hydrogen-bond acceptors (Lipinski definition) is 5. The molecule has 0 amide bonds. The highest BCUT2D eigenvalue weighted by molar-refractivity contribution is 7.22. The summed E-state index contributed by atoms with van der Waals surface area (Å²) in [6.07, 6.45) is 1.57. The second kappa shape index (κ2) is 5.37. The van der Waals surface area contributed by atoms with Crippen LogP contribution in [0.1, 0.15) is 5.56 Å². The molecule has 3 aromatic rings. The third-order valence-corrected chi connectivity index (χ3v) is 3.69. The van der Waals surface area contributed by atoms with E-state index in [0.29, 0.717) is 10.6 Å². The lowest BCUT2D eigenvalue weighted by molar-refractivity contribution is -0.384. The summed E-state index contributed by atoms with van der Waals surface area (Å²) in [6.45, 7) is 0. The molecule has 0 N–H and O–H groups in total. The number of non-ortho nitro benzene ring substituents is 1. The van der Waals surface area contributed by atoms with E-state index in [2.05, 4.69) is 9.98 Å². The molecule has 0 atom stereocenters. The van der Waals surface area contributed by atoms with Gasteiger partial charge in [-0.05, 0) is 35.9 Å². The molecular formula is C14H8FN3O2S. The van der Waals surface area contributed by atoms with Crippen LogP contribution in [-0.4, -0.2) is 16.1 Å². The Bertz CT molecular complexity index is 843. The van der Waals surface area contributed by atoms with Crippen molar-refractivity contribution >= 4 is 38.6 Å². The second-order valence-electron chi connectivity index (χ2n) is 4.22. The lowest BCUT2D eigenvalue weighted by atomic mass is 10.2. The SMILES string of the molecule is O=[N+]([O-])c1ccc(C=Nc2nc3ccc(F)cc3s2)cc1. The van der Waals surface area contributed by atoms with Crippen molar-refractivity contribution in [3.63, 3.8) is 0 Å². The third kappa shape index (κ3) is 2.92. The van der Waals surface area contributed by atoms with Gasteiger partial charge >= 0.3 is 0 Å². The van der Waals surface area contributed by atoms with Crippen molar-refractivity contribution in [1.82, 2.24) is 4.98 Å². The van der Waals surface area contributed by atoms with Gasteiger partial charge in [-0.2, -0.15) is 0 Å². The number of nitro groups is 1. The fourth-order valence-corrected chi connectivity index (χ4v) is 2.59. The highest BCUT2D eigenvalue weighted by Crippen LogP contribution is 2.28. The molecule has 21 heavy (non-hydrogen) atoms. The van der Waals surface area contributed by atoms with E-state index in [-0.39, 0.29) is 11.5 Å². The summed E-state index contributed by atoms with van der Waals surface area (Å²) in [7, 11) is 0. The molecular weight excluding hydrogens is 293 g/mol. The van der Waals surface area contributed by atoms with Gasteiger partial charge in [0.25, 0.3) is 5.69 Å². The maximum absolute atomic E-state index is 13.1. The predicted octanol–water partition coefficient (Wildman–Crippen LogP) is 4.09. The van der Waals surface area contributed by atoms with Crippen molar-refractivity contribution in [2.75, 3.05) is 0 Å². The van der Waals surface area contributed by atoms with Gasteiger partial charge in [0.2, 0.25) is 5.13 Å². The molecule has 0 saturated heterocycles. The Morgan fingerprint density at radius 1 is 1.24 bits per heavy atom. The lowest BCUT2D eigenvalue weighted by Gasteiger charge is -1.92.